The molecule has 0 spiro atoms. The summed E-state index contributed by atoms with van der Waals surface area (Å²) < 4.78 is 36.5. The second-order valence-corrected chi connectivity index (χ2v) is 6.46. The Morgan fingerprint density at radius 3 is 2.71 bits per heavy atom. The van der Waals surface area contributed by atoms with Crippen LogP contribution in [0.3, 0.4) is 0 Å². The predicted octanol–water partition coefficient (Wildman–Crippen LogP) is 3.39. The zero-order chi connectivity index (χ0) is 20.1. The minimum absolute atomic E-state index is 0.0980. The van der Waals surface area contributed by atoms with Crippen molar-refractivity contribution < 1.29 is 23.1 Å². The summed E-state index contributed by atoms with van der Waals surface area (Å²) in [5.41, 5.74) is 0.699. The highest BCUT2D eigenvalue weighted by Gasteiger charge is 2.13. The minimum Gasteiger partial charge on any atom is -0.491 e. The number of hydrogen-bond acceptors (Lipinski definition) is 7. The molecule has 0 bridgehead atoms. The third-order valence-electron chi connectivity index (χ3n) is 3.82. The van der Waals surface area contributed by atoms with Gasteiger partial charge in [-0.05, 0) is 24.3 Å². The van der Waals surface area contributed by atoms with Crippen molar-refractivity contribution in [3.8, 4) is 17.2 Å². The third kappa shape index (κ3) is 5.01. The predicted molar refractivity (Wildman–Crippen MR) is 98.0 cm³/mol. The van der Waals surface area contributed by atoms with Gasteiger partial charge in [-0.2, -0.15) is 4.98 Å². The average molecular weight is 390 g/mol. The Hall–Kier alpha value is -3.07. The summed E-state index contributed by atoms with van der Waals surface area (Å²) in [6.45, 7) is 3.98. The van der Waals surface area contributed by atoms with Gasteiger partial charge in [0.25, 0.3) is 5.89 Å². The van der Waals surface area contributed by atoms with E-state index in [4.69, 9.17) is 9.26 Å². The SMILES string of the molecule is CC(C)c1noc(-c2ccnc(NCC(O)COc3ccc(F)c(F)c3)c2)n1. The van der Waals surface area contributed by atoms with Crippen molar-refractivity contribution in [2.24, 2.45) is 0 Å². The van der Waals surface area contributed by atoms with Crippen molar-refractivity contribution in [1.82, 2.24) is 15.1 Å². The van der Waals surface area contributed by atoms with Crippen LogP contribution in [0.25, 0.3) is 11.5 Å². The number of hydrogen-bond donors (Lipinski definition) is 2. The van der Waals surface area contributed by atoms with Gasteiger partial charge in [0.05, 0.1) is 0 Å². The second kappa shape index (κ2) is 8.75. The zero-order valence-corrected chi connectivity index (χ0v) is 15.4. The van der Waals surface area contributed by atoms with Crippen molar-refractivity contribution in [2.45, 2.75) is 25.9 Å². The number of pyridine rings is 1. The van der Waals surface area contributed by atoms with Crippen LogP contribution < -0.4 is 10.1 Å². The van der Waals surface area contributed by atoms with Gasteiger partial charge < -0.3 is 19.7 Å². The van der Waals surface area contributed by atoms with Crippen molar-refractivity contribution in [3.63, 3.8) is 0 Å². The molecule has 0 amide bonds. The number of anilines is 1. The monoisotopic (exact) mass is 390 g/mol. The number of nitrogens with zero attached hydrogens (tertiary/aromatic N) is 3. The van der Waals surface area contributed by atoms with E-state index in [0.717, 1.165) is 12.1 Å². The second-order valence-electron chi connectivity index (χ2n) is 6.46. The molecule has 0 saturated heterocycles. The largest absolute Gasteiger partial charge is 0.491 e. The molecule has 1 aromatic carbocycles. The summed E-state index contributed by atoms with van der Waals surface area (Å²) in [6.07, 6.45) is 0.690. The number of aliphatic hydroxyl groups excluding tert-OH is 1. The highest BCUT2D eigenvalue weighted by Crippen LogP contribution is 2.21. The molecule has 0 saturated carbocycles. The van der Waals surface area contributed by atoms with Gasteiger partial charge in [-0.25, -0.2) is 13.8 Å². The summed E-state index contributed by atoms with van der Waals surface area (Å²) in [6, 6.07) is 6.65. The Morgan fingerprint density at radius 1 is 1.18 bits per heavy atom. The van der Waals surface area contributed by atoms with E-state index >= 15 is 0 Å². The number of aromatic nitrogens is 3. The molecule has 0 aliphatic rings. The lowest BCUT2D eigenvalue weighted by molar-refractivity contribution is 0.117. The van der Waals surface area contributed by atoms with Crippen LogP contribution in [-0.4, -0.2) is 39.5 Å². The molecule has 28 heavy (non-hydrogen) atoms. The molecule has 1 atom stereocenters. The van der Waals surface area contributed by atoms with Gasteiger partial charge in [-0.15, -0.1) is 0 Å². The lowest BCUT2D eigenvalue weighted by Gasteiger charge is -2.14. The number of ether oxygens (including phenoxy) is 1. The first kappa shape index (κ1) is 19.7. The van der Waals surface area contributed by atoms with E-state index in [1.54, 1.807) is 18.3 Å². The van der Waals surface area contributed by atoms with E-state index < -0.39 is 17.7 Å². The number of halogens is 2. The lowest BCUT2D eigenvalue weighted by Crippen LogP contribution is -2.26. The first-order chi connectivity index (χ1) is 13.4. The highest BCUT2D eigenvalue weighted by molar-refractivity contribution is 5.57. The summed E-state index contributed by atoms with van der Waals surface area (Å²) in [5, 5.41) is 16.9. The molecule has 3 aromatic rings. The number of aliphatic hydroxyl groups is 1. The molecule has 7 nitrogen and oxygen atoms in total. The number of nitrogens with one attached hydrogen (secondary N) is 1. The standard InChI is InChI=1S/C19H20F2N4O3/c1-11(2)18-24-19(28-25-18)12-5-6-22-17(7-12)23-9-13(26)10-27-14-3-4-15(20)16(21)8-14/h3-8,11,13,26H,9-10H2,1-2H3,(H,22,23). The molecular formula is C19H20F2N4O3. The van der Waals surface area contributed by atoms with Gasteiger partial charge >= 0.3 is 0 Å². The van der Waals surface area contributed by atoms with Crippen LogP contribution in [0.5, 0.6) is 5.75 Å². The van der Waals surface area contributed by atoms with Gasteiger partial charge in [0, 0.05) is 30.3 Å². The molecule has 2 heterocycles. The molecule has 148 valence electrons. The van der Waals surface area contributed by atoms with Crippen LogP contribution in [0.15, 0.2) is 41.1 Å². The summed E-state index contributed by atoms with van der Waals surface area (Å²) in [7, 11) is 0. The quantitative estimate of drug-likeness (QED) is 0.609. The van der Waals surface area contributed by atoms with Crippen LogP contribution in [0, 0.1) is 11.6 Å². The van der Waals surface area contributed by atoms with Crippen LogP contribution in [0.2, 0.25) is 0 Å². The van der Waals surface area contributed by atoms with Gasteiger partial charge in [0.2, 0.25) is 0 Å². The fraction of sp³-hybridized carbons (Fsp3) is 0.316. The topological polar surface area (TPSA) is 93.3 Å². The summed E-state index contributed by atoms with van der Waals surface area (Å²) >= 11 is 0. The maximum Gasteiger partial charge on any atom is 0.258 e. The number of rotatable bonds is 8. The fourth-order valence-corrected chi connectivity index (χ4v) is 2.29. The fourth-order valence-electron chi connectivity index (χ4n) is 2.29. The van der Waals surface area contributed by atoms with Crippen molar-refractivity contribution >= 4 is 5.82 Å². The Bertz CT molecular complexity index is 933. The van der Waals surface area contributed by atoms with E-state index in [9.17, 15) is 13.9 Å². The molecule has 3 rings (SSSR count). The van der Waals surface area contributed by atoms with Crippen molar-refractivity contribution in [3.05, 3.63) is 54.0 Å². The van der Waals surface area contributed by atoms with Crippen LogP contribution in [0.1, 0.15) is 25.6 Å². The summed E-state index contributed by atoms with van der Waals surface area (Å²) in [5.74, 6) is -0.164. The average Bonchev–Trinajstić information content (AvgIpc) is 3.18. The minimum atomic E-state index is -1.01. The van der Waals surface area contributed by atoms with Crippen molar-refractivity contribution in [2.75, 3.05) is 18.5 Å². The van der Waals surface area contributed by atoms with Gasteiger partial charge in [0.15, 0.2) is 17.5 Å². The highest BCUT2D eigenvalue weighted by atomic mass is 19.2. The molecule has 2 aromatic heterocycles. The zero-order valence-electron chi connectivity index (χ0n) is 15.4. The molecule has 0 aliphatic heterocycles. The van der Waals surface area contributed by atoms with Gasteiger partial charge in [-0.3, -0.25) is 0 Å². The van der Waals surface area contributed by atoms with Gasteiger partial charge in [-0.1, -0.05) is 19.0 Å². The molecule has 1 unspecified atom stereocenters. The Kier molecular flexibility index (Phi) is 6.15. The molecule has 9 heteroatoms. The maximum absolute atomic E-state index is 13.1. The summed E-state index contributed by atoms with van der Waals surface area (Å²) in [4.78, 5) is 8.51. The Balaban J connectivity index is 1.54. The van der Waals surface area contributed by atoms with Crippen LogP contribution in [-0.2, 0) is 0 Å². The maximum atomic E-state index is 13.1. The van der Waals surface area contributed by atoms with Crippen LogP contribution in [0.4, 0.5) is 14.6 Å². The first-order valence-electron chi connectivity index (χ1n) is 8.72. The van der Waals surface area contributed by atoms with E-state index in [1.807, 2.05) is 13.8 Å². The Morgan fingerprint density at radius 2 is 2.00 bits per heavy atom. The van der Waals surface area contributed by atoms with E-state index in [2.05, 4.69) is 20.4 Å². The molecule has 2 N–H and O–H groups in total. The molecule has 0 fully saturated rings. The number of benzene rings is 1. The third-order valence-corrected chi connectivity index (χ3v) is 3.82. The molecule has 0 aliphatic carbocycles. The van der Waals surface area contributed by atoms with Crippen LogP contribution >= 0.6 is 0 Å². The van der Waals surface area contributed by atoms with E-state index in [1.165, 1.54) is 6.07 Å². The van der Waals surface area contributed by atoms with E-state index in [-0.39, 0.29) is 24.8 Å². The normalized spacial score (nSPS) is 12.2. The van der Waals surface area contributed by atoms with Crippen molar-refractivity contribution in [1.29, 1.82) is 0 Å². The smallest absolute Gasteiger partial charge is 0.258 e. The van der Waals surface area contributed by atoms with Gasteiger partial charge in [0.1, 0.15) is 24.3 Å². The molecule has 0 radical (unpaired) electrons. The Labute approximate surface area is 160 Å². The molecular weight excluding hydrogens is 370 g/mol. The first-order valence-corrected chi connectivity index (χ1v) is 8.72. The lowest BCUT2D eigenvalue weighted by atomic mass is 10.2. The van der Waals surface area contributed by atoms with E-state index in [0.29, 0.717) is 23.1 Å².